The summed E-state index contributed by atoms with van der Waals surface area (Å²) in [6.07, 6.45) is 7.14. The third kappa shape index (κ3) is 3.94. The number of likely N-dealkylation sites (tertiary alicyclic amines) is 1. The molecule has 0 unspecified atom stereocenters. The number of alkyl halides is 2. The molecule has 6 heteroatoms. The maximum Gasteiger partial charge on any atom is 0.335 e. The summed E-state index contributed by atoms with van der Waals surface area (Å²) >= 11 is 0. The number of nitrogens with one attached hydrogen (secondary N) is 1. The van der Waals surface area contributed by atoms with Crippen LogP contribution in [-0.2, 0) is 6.54 Å². The van der Waals surface area contributed by atoms with Crippen molar-refractivity contribution in [3.63, 3.8) is 0 Å². The van der Waals surface area contributed by atoms with E-state index in [0.717, 1.165) is 30.6 Å². The number of aromatic carboxylic acids is 1. The number of aromatic nitrogens is 1. The van der Waals surface area contributed by atoms with E-state index in [1.807, 2.05) is 19.2 Å². The zero-order valence-electron chi connectivity index (χ0n) is 21.0. The van der Waals surface area contributed by atoms with Gasteiger partial charge >= 0.3 is 5.97 Å². The lowest BCUT2D eigenvalue weighted by Crippen LogP contribution is -2.53. The van der Waals surface area contributed by atoms with Crippen molar-refractivity contribution in [2.75, 3.05) is 6.54 Å². The fraction of sp³-hybridized carbons (Fsp3) is 0.500. The van der Waals surface area contributed by atoms with Gasteiger partial charge in [0, 0.05) is 42.5 Å². The minimum absolute atomic E-state index is 0.0118. The van der Waals surface area contributed by atoms with Crippen molar-refractivity contribution in [2.45, 2.75) is 83.2 Å². The standard InChI is InChI=1S/C30H34F2N2O2/c1-18-12-21(28(35)36)6-7-22(18)26-14-29(16-30(31,32)17-29)9-11-34(26)15-25-23-8-10-33-27(23)19(2)13-24(25)20-4-3-5-20/h6-8,10,12-13,20,26,33H,3-5,9,11,14-17H2,1-2H3,(H,35,36)/t26-/m0/s1. The summed E-state index contributed by atoms with van der Waals surface area (Å²) in [5.74, 6) is -2.91. The Labute approximate surface area is 210 Å². The van der Waals surface area contributed by atoms with Crippen LogP contribution in [0.1, 0.15) is 95.1 Å². The summed E-state index contributed by atoms with van der Waals surface area (Å²) in [5, 5.41) is 10.7. The summed E-state index contributed by atoms with van der Waals surface area (Å²) in [4.78, 5) is 17.4. The van der Waals surface area contributed by atoms with Gasteiger partial charge in [-0.1, -0.05) is 18.6 Å². The van der Waals surface area contributed by atoms with Gasteiger partial charge in [0.1, 0.15) is 0 Å². The zero-order valence-corrected chi connectivity index (χ0v) is 21.0. The number of hydrogen-bond donors (Lipinski definition) is 2. The Morgan fingerprint density at radius 1 is 1.11 bits per heavy atom. The third-order valence-electron chi connectivity index (χ3n) is 9.23. The SMILES string of the molecule is Cc1cc(C(=O)O)ccc1[C@@H]1CC2(CCN1Cc1c(C3CCC3)cc(C)c3[nH]ccc13)CC(F)(F)C2. The van der Waals surface area contributed by atoms with Crippen molar-refractivity contribution in [1.29, 1.82) is 0 Å². The maximum absolute atomic E-state index is 14.0. The molecule has 2 N–H and O–H groups in total. The molecule has 4 nitrogen and oxygen atoms in total. The number of carboxylic acid groups (broad SMARTS) is 1. The van der Waals surface area contributed by atoms with E-state index in [1.165, 1.54) is 46.9 Å². The Morgan fingerprint density at radius 3 is 2.53 bits per heavy atom. The Hall–Kier alpha value is -2.73. The highest BCUT2D eigenvalue weighted by molar-refractivity contribution is 5.88. The second kappa shape index (κ2) is 8.41. The van der Waals surface area contributed by atoms with Crippen LogP contribution in [0.3, 0.4) is 0 Å². The van der Waals surface area contributed by atoms with Gasteiger partial charge in [0.15, 0.2) is 0 Å². The summed E-state index contributed by atoms with van der Waals surface area (Å²) < 4.78 is 28.1. The molecule has 190 valence electrons. The molecule has 2 aliphatic carbocycles. The molecular formula is C30H34F2N2O2. The monoisotopic (exact) mass is 492 g/mol. The number of H-pyrrole nitrogens is 1. The van der Waals surface area contributed by atoms with Crippen LogP contribution in [0, 0.1) is 19.3 Å². The van der Waals surface area contributed by atoms with Gasteiger partial charge in [0.05, 0.1) is 5.56 Å². The minimum atomic E-state index is -2.55. The number of carbonyl (C=O) groups is 1. The molecule has 0 radical (unpaired) electrons. The first-order valence-electron chi connectivity index (χ1n) is 13.2. The van der Waals surface area contributed by atoms with E-state index >= 15 is 0 Å². The van der Waals surface area contributed by atoms with Crippen molar-refractivity contribution in [3.05, 3.63) is 69.9 Å². The number of fused-ring (bicyclic) bond motifs is 1. The molecule has 3 aliphatic rings. The predicted molar refractivity (Wildman–Crippen MR) is 137 cm³/mol. The molecule has 2 saturated carbocycles. The highest BCUT2D eigenvalue weighted by Crippen LogP contribution is 2.61. The van der Waals surface area contributed by atoms with Crippen molar-refractivity contribution >= 4 is 16.9 Å². The van der Waals surface area contributed by atoms with Gasteiger partial charge in [-0.15, -0.1) is 0 Å². The zero-order chi connectivity index (χ0) is 25.2. The van der Waals surface area contributed by atoms with Gasteiger partial charge in [-0.25, -0.2) is 13.6 Å². The molecule has 2 heterocycles. The molecule has 36 heavy (non-hydrogen) atoms. The molecule has 0 amide bonds. The summed E-state index contributed by atoms with van der Waals surface area (Å²) in [5.41, 5.74) is 7.18. The number of piperidine rings is 1. The van der Waals surface area contributed by atoms with Crippen LogP contribution < -0.4 is 0 Å². The normalized spacial score (nSPS) is 23.5. The summed E-state index contributed by atoms with van der Waals surface area (Å²) in [7, 11) is 0. The molecule has 0 bridgehead atoms. The van der Waals surface area contributed by atoms with Gasteiger partial charge in [0.2, 0.25) is 5.92 Å². The van der Waals surface area contributed by atoms with Crippen molar-refractivity contribution < 1.29 is 18.7 Å². The topological polar surface area (TPSA) is 56.3 Å². The Bertz CT molecular complexity index is 1330. The van der Waals surface area contributed by atoms with E-state index in [1.54, 1.807) is 12.1 Å². The average molecular weight is 493 g/mol. The highest BCUT2D eigenvalue weighted by Gasteiger charge is 2.58. The fourth-order valence-corrected chi connectivity index (χ4v) is 7.18. The van der Waals surface area contributed by atoms with Crippen LogP contribution >= 0.6 is 0 Å². The number of nitrogens with zero attached hydrogens (tertiary/aromatic N) is 1. The molecule has 1 spiro atoms. The maximum atomic E-state index is 14.0. The Kier molecular flexibility index (Phi) is 5.52. The minimum Gasteiger partial charge on any atom is -0.478 e. The molecule has 1 atom stereocenters. The van der Waals surface area contributed by atoms with Crippen molar-refractivity contribution in [1.82, 2.24) is 9.88 Å². The van der Waals surface area contributed by atoms with E-state index in [4.69, 9.17) is 0 Å². The van der Waals surface area contributed by atoms with Gasteiger partial charge in [-0.3, -0.25) is 4.90 Å². The van der Waals surface area contributed by atoms with Crippen molar-refractivity contribution in [3.8, 4) is 0 Å². The summed E-state index contributed by atoms with van der Waals surface area (Å²) in [6, 6.07) is 9.83. The van der Waals surface area contributed by atoms with Crippen LogP contribution in [0.15, 0.2) is 36.5 Å². The van der Waals surface area contributed by atoms with E-state index < -0.39 is 11.9 Å². The first-order chi connectivity index (χ1) is 17.1. The number of benzene rings is 2. The number of aryl methyl sites for hydroxylation is 2. The fourth-order valence-electron chi connectivity index (χ4n) is 7.18. The lowest BCUT2D eigenvalue weighted by molar-refractivity contribution is -0.186. The smallest absolute Gasteiger partial charge is 0.335 e. The highest BCUT2D eigenvalue weighted by atomic mass is 19.3. The molecular weight excluding hydrogens is 458 g/mol. The first kappa shape index (κ1) is 23.7. The number of rotatable bonds is 5. The van der Waals surface area contributed by atoms with Crippen LogP contribution in [-0.4, -0.2) is 33.4 Å². The molecule has 6 rings (SSSR count). The lowest BCUT2D eigenvalue weighted by atomic mass is 9.58. The van der Waals surface area contributed by atoms with E-state index in [0.29, 0.717) is 12.3 Å². The van der Waals surface area contributed by atoms with Gasteiger partial charge in [0.25, 0.3) is 0 Å². The second-order valence-electron chi connectivity index (χ2n) is 11.7. The quantitative estimate of drug-likeness (QED) is 0.388. The largest absolute Gasteiger partial charge is 0.478 e. The second-order valence-corrected chi connectivity index (χ2v) is 11.7. The summed E-state index contributed by atoms with van der Waals surface area (Å²) in [6.45, 7) is 5.66. The average Bonchev–Trinajstić information content (AvgIpc) is 3.25. The molecule has 1 aromatic heterocycles. The van der Waals surface area contributed by atoms with Gasteiger partial charge < -0.3 is 10.1 Å². The molecule has 1 saturated heterocycles. The molecule has 3 fully saturated rings. The van der Waals surface area contributed by atoms with Gasteiger partial charge in [-0.05, 0) is 103 Å². The van der Waals surface area contributed by atoms with Gasteiger partial charge in [-0.2, -0.15) is 0 Å². The predicted octanol–water partition coefficient (Wildman–Crippen LogP) is 7.50. The Morgan fingerprint density at radius 2 is 1.89 bits per heavy atom. The van der Waals surface area contributed by atoms with E-state index in [-0.39, 0.29) is 29.9 Å². The van der Waals surface area contributed by atoms with Crippen LogP contribution in [0.4, 0.5) is 8.78 Å². The van der Waals surface area contributed by atoms with E-state index in [9.17, 15) is 18.7 Å². The number of halogens is 2. The molecule has 2 aromatic carbocycles. The molecule has 1 aliphatic heterocycles. The van der Waals surface area contributed by atoms with Crippen LogP contribution in [0.25, 0.3) is 10.9 Å². The third-order valence-corrected chi connectivity index (χ3v) is 9.23. The number of aromatic amines is 1. The number of hydrogen-bond acceptors (Lipinski definition) is 2. The first-order valence-corrected chi connectivity index (χ1v) is 13.2. The number of carboxylic acids is 1. The van der Waals surface area contributed by atoms with E-state index in [2.05, 4.69) is 28.9 Å². The lowest BCUT2D eigenvalue weighted by Gasteiger charge is -2.55. The van der Waals surface area contributed by atoms with Crippen LogP contribution in [0.2, 0.25) is 0 Å². The molecule has 3 aromatic rings. The Balaban J connectivity index is 1.40. The van der Waals surface area contributed by atoms with Crippen molar-refractivity contribution in [2.24, 2.45) is 5.41 Å². The van der Waals surface area contributed by atoms with Crippen LogP contribution in [0.5, 0.6) is 0 Å².